The van der Waals surface area contributed by atoms with Gasteiger partial charge in [-0.25, -0.2) is 0 Å². The minimum Gasteiger partial charge on any atom is -0.360 e. The Morgan fingerprint density at radius 1 is 0.917 bits per heavy atom. The molecule has 0 spiro atoms. The Kier molecular flexibility index (Phi) is 5.69. The maximum absolute atomic E-state index is 12.9. The molecule has 1 aromatic rings. The average molecular weight is 341 g/mol. The fraction of sp³-hybridized carbons (Fsp3) is 0.684. The normalized spacial score (nSPS) is 22.2. The molecule has 1 heterocycles. The topological polar surface area (TPSA) is 7.68 Å². The molecule has 0 unspecified atom stereocenters. The Morgan fingerprint density at radius 3 is 2.17 bits per heavy atom. The second kappa shape index (κ2) is 7.77. The van der Waals surface area contributed by atoms with Crippen molar-refractivity contribution in [2.24, 2.45) is 0 Å². The number of quaternary nitrogens is 1. The summed E-state index contributed by atoms with van der Waals surface area (Å²) in [5.41, 5.74) is 0.163. The first-order valence-corrected chi connectivity index (χ1v) is 9.31. The van der Waals surface area contributed by atoms with Crippen LogP contribution in [0.25, 0.3) is 0 Å². The zero-order valence-corrected chi connectivity index (χ0v) is 14.2. The van der Waals surface area contributed by atoms with E-state index in [0.29, 0.717) is 5.69 Å². The monoisotopic (exact) mass is 341 g/mol. The molecule has 1 saturated carbocycles. The fourth-order valence-corrected chi connectivity index (χ4v) is 4.20. The van der Waals surface area contributed by atoms with E-state index in [-0.39, 0.29) is 0 Å². The highest BCUT2D eigenvalue weighted by molar-refractivity contribution is 5.49. The highest BCUT2D eigenvalue weighted by Gasteiger charge is 2.32. The van der Waals surface area contributed by atoms with Gasteiger partial charge in [-0.15, -0.1) is 0 Å². The predicted octanol–water partition coefficient (Wildman–Crippen LogP) is 3.52. The molecule has 3 rings (SSSR count). The number of rotatable bonds is 2. The predicted molar refractivity (Wildman–Crippen MR) is 90.5 cm³/mol. The van der Waals surface area contributed by atoms with Crippen LogP contribution < -0.4 is 9.80 Å². The molecule has 1 aliphatic carbocycles. The summed E-state index contributed by atoms with van der Waals surface area (Å²) in [5.74, 6) is 0. The number of nitrogens with zero attached hydrogens (tertiary/aromatic N) is 1. The van der Waals surface area contributed by atoms with Crippen molar-refractivity contribution in [2.75, 3.05) is 31.1 Å². The number of halogens is 3. The van der Waals surface area contributed by atoms with E-state index in [1.165, 1.54) is 57.1 Å². The number of alkyl halides is 3. The van der Waals surface area contributed by atoms with Crippen LogP contribution in [0.15, 0.2) is 24.3 Å². The first kappa shape index (κ1) is 17.6. The van der Waals surface area contributed by atoms with Gasteiger partial charge >= 0.3 is 6.18 Å². The van der Waals surface area contributed by atoms with Gasteiger partial charge in [-0.2, -0.15) is 13.2 Å². The summed E-state index contributed by atoms with van der Waals surface area (Å²) in [7, 11) is 0. The van der Waals surface area contributed by atoms with E-state index in [1.54, 1.807) is 11.0 Å². The third kappa shape index (κ3) is 4.44. The summed E-state index contributed by atoms with van der Waals surface area (Å²) in [6, 6.07) is 6.52. The molecule has 2 nitrogen and oxygen atoms in total. The summed E-state index contributed by atoms with van der Waals surface area (Å²) in [5, 5.41) is 0. The van der Waals surface area contributed by atoms with Gasteiger partial charge in [0.2, 0.25) is 0 Å². The summed E-state index contributed by atoms with van der Waals surface area (Å²) < 4.78 is 38.7. The smallest absolute Gasteiger partial charge is 0.360 e. The van der Waals surface area contributed by atoms with Crippen molar-refractivity contribution >= 4 is 5.69 Å². The van der Waals surface area contributed by atoms with Gasteiger partial charge < -0.3 is 9.80 Å². The van der Waals surface area contributed by atoms with E-state index >= 15 is 0 Å². The van der Waals surface area contributed by atoms with Crippen LogP contribution in [0, 0.1) is 0 Å². The van der Waals surface area contributed by atoms with E-state index < -0.39 is 11.7 Å². The number of benzene rings is 1. The first-order valence-electron chi connectivity index (χ1n) is 9.31. The van der Waals surface area contributed by atoms with Crippen LogP contribution in [-0.2, 0) is 6.18 Å². The van der Waals surface area contributed by atoms with Crippen molar-refractivity contribution in [3.05, 3.63) is 29.8 Å². The summed E-state index contributed by atoms with van der Waals surface area (Å²) in [6.07, 6.45) is 5.16. The SMILES string of the molecule is FC(F)(F)c1cccc(N2CC[NH+](C3CCCCCCC3)CC2)c1. The van der Waals surface area contributed by atoms with E-state index in [1.807, 2.05) is 0 Å². The quantitative estimate of drug-likeness (QED) is 0.865. The molecule has 0 bridgehead atoms. The van der Waals surface area contributed by atoms with Crippen LogP contribution in [0.1, 0.15) is 50.5 Å². The Balaban J connectivity index is 1.58. The van der Waals surface area contributed by atoms with Gasteiger partial charge in [0.25, 0.3) is 0 Å². The molecule has 1 aromatic carbocycles. The maximum Gasteiger partial charge on any atom is 0.416 e. The average Bonchev–Trinajstić information content (AvgIpc) is 2.54. The van der Waals surface area contributed by atoms with Gasteiger partial charge in [0.05, 0.1) is 37.8 Å². The second-order valence-electron chi connectivity index (χ2n) is 7.24. The number of nitrogens with one attached hydrogen (secondary N) is 1. The number of piperazine rings is 1. The zero-order chi connectivity index (χ0) is 17.0. The molecule has 1 saturated heterocycles. The lowest BCUT2D eigenvalue weighted by atomic mass is 9.95. The Morgan fingerprint density at radius 2 is 1.54 bits per heavy atom. The van der Waals surface area contributed by atoms with Crippen LogP contribution in [-0.4, -0.2) is 32.2 Å². The summed E-state index contributed by atoms with van der Waals surface area (Å²) in [6.45, 7) is 3.79. The largest absolute Gasteiger partial charge is 0.416 e. The Bertz CT molecular complexity index is 514. The van der Waals surface area contributed by atoms with E-state index in [2.05, 4.69) is 4.90 Å². The highest BCUT2D eigenvalue weighted by atomic mass is 19.4. The maximum atomic E-state index is 12.9. The van der Waals surface area contributed by atoms with Crippen molar-refractivity contribution in [1.82, 2.24) is 0 Å². The van der Waals surface area contributed by atoms with Crippen LogP contribution in [0.5, 0.6) is 0 Å². The third-order valence-corrected chi connectivity index (χ3v) is 5.63. The summed E-state index contributed by atoms with van der Waals surface area (Å²) in [4.78, 5) is 3.78. The fourth-order valence-electron chi connectivity index (χ4n) is 4.20. The van der Waals surface area contributed by atoms with Crippen LogP contribution in [0.4, 0.5) is 18.9 Å². The van der Waals surface area contributed by atoms with E-state index in [4.69, 9.17) is 0 Å². The van der Waals surface area contributed by atoms with Crippen LogP contribution in [0.3, 0.4) is 0 Å². The van der Waals surface area contributed by atoms with Crippen molar-refractivity contribution in [1.29, 1.82) is 0 Å². The molecule has 0 radical (unpaired) electrons. The standard InChI is InChI=1S/C19H27F3N2/c20-19(21,22)16-7-6-10-18(15-16)24-13-11-23(12-14-24)17-8-4-2-1-3-5-9-17/h6-7,10,15,17H,1-5,8-9,11-14H2/p+1. The van der Waals surface area contributed by atoms with Crippen LogP contribution in [0.2, 0.25) is 0 Å². The number of anilines is 1. The molecule has 1 N–H and O–H groups in total. The van der Waals surface area contributed by atoms with E-state index in [0.717, 1.165) is 38.3 Å². The molecule has 24 heavy (non-hydrogen) atoms. The lowest BCUT2D eigenvalue weighted by Crippen LogP contribution is -3.18. The molecule has 2 fully saturated rings. The van der Waals surface area contributed by atoms with Crippen molar-refractivity contribution in [2.45, 2.75) is 57.2 Å². The van der Waals surface area contributed by atoms with Crippen molar-refractivity contribution in [3.8, 4) is 0 Å². The van der Waals surface area contributed by atoms with Gasteiger partial charge in [0.1, 0.15) is 0 Å². The molecular weight excluding hydrogens is 313 g/mol. The molecule has 1 aliphatic heterocycles. The molecule has 0 atom stereocenters. The minimum atomic E-state index is -4.26. The van der Waals surface area contributed by atoms with E-state index in [9.17, 15) is 13.2 Å². The number of hydrogen-bond donors (Lipinski definition) is 1. The third-order valence-electron chi connectivity index (χ3n) is 5.63. The molecule has 2 aliphatic rings. The van der Waals surface area contributed by atoms with Gasteiger partial charge in [0.15, 0.2) is 0 Å². The highest BCUT2D eigenvalue weighted by Crippen LogP contribution is 2.31. The summed E-state index contributed by atoms with van der Waals surface area (Å²) >= 11 is 0. The lowest BCUT2D eigenvalue weighted by molar-refractivity contribution is -0.926. The Hall–Kier alpha value is -1.23. The van der Waals surface area contributed by atoms with Gasteiger partial charge in [-0.05, 0) is 43.9 Å². The zero-order valence-electron chi connectivity index (χ0n) is 14.2. The molecule has 134 valence electrons. The second-order valence-corrected chi connectivity index (χ2v) is 7.24. The number of hydrogen-bond acceptors (Lipinski definition) is 1. The molecule has 0 aromatic heterocycles. The molecule has 0 amide bonds. The lowest BCUT2D eigenvalue weighted by Gasteiger charge is -2.38. The van der Waals surface area contributed by atoms with Gasteiger partial charge in [-0.1, -0.05) is 25.3 Å². The Labute approximate surface area is 142 Å². The molecular formula is C19H28F3N2+. The van der Waals surface area contributed by atoms with Crippen LogP contribution >= 0.6 is 0 Å². The van der Waals surface area contributed by atoms with Crippen molar-refractivity contribution in [3.63, 3.8) is 0 Å². The van der Waals surface area contributed by atoms with Gasteiger partial charge in [0, 0.05) is 5.69 Å². The van der Waals surface area contributed by atoms with Crippen molar-refractivity contribution < 1.29 is 18.1 Å². The minimum absolute atomic E-state index is 0.546. The first-order chi connectivity index (χ1) is 11.5. The molecule has 5 heteroatoms. The van der Waals surface area contributed by atoms with Gasteiger partial charge in [-0.3, -0.25) is 0 Å².